The smallest absolute Gasteiger partial charge is 0.342 e. The van der Waals surface area contributed by atoms with Gasteiger partial charge in [-0.05, 0) is 13.0 Å². The van der Waals surface area contributed by atoms with Crippen LogP contribution in [-0.2, 0) is 14.3 Å². The van der Waals surface area contributed by atoms with Crippen molar-refractivity contribution in [3.63, 3.8) is 0 Å². The van der Waals surface area contributed by atoms with Crippen molar-refractivity contribution >= 4 is 34.9 Å². The molecule has 0 atom stereocenters. The van der Waals surface area contributed by atoms with E-state index in [1.807, 2.05) is 0 Å². The van der Waals surface area contributed by atoms with E-state index in [4.69, 9.17) is 10.5 Å². The number of esters is 1. The summed E-state index contributed by atoms with van der Waals surface area (Å²) in [6.07, 6.45) is 2.58. The van der Waals surface area contributed by atoms with Gasteiger partial charge >= 0.3 is 5.97 Å². The average Bonchev–Trinajstić information content (AvgIpc) is 3.09. The number of hydrogen-bond acceptors (Lipinski definition) is 8. The van der Waals surface area contributed by atoms with E-state index in [0.717, 1.165) is 6.20 Å². The molecule has 28 heavy (non-hydrogen) atoms. The first-order chi connectivity index (χ1) is 13.4. The molecule has 10 nitrogen and oxygen atoms in total. The van der Waals surface area contributed by atoms with E-state index in [0.29, 0.717) is 17.3 Å². The second-order valence-electron chi connectivity index (χ2n) is 5.57. The van der Waals surface area contributed by atoms with Crippen molar-refractivity contribution in [3.05, 3.63) is 30.1 Å². The molecule has 2 aromatic rings. The fraction of sp³-hybridized carbons (Fsp3) is 0.353. The number of nitrogens with two attached hydrogens (primary N) is 1. The number of halogens is 1. The number of carbonyl (C=O) groups is 2. The van der Waals surface area contributed by atoms with Gasteiger partial charge in [0.25, 0.3) is 5.91 Å². The van der Waals surface area contributed by atoms with Gasteiger partial charge < -0.3 is 20.7 Å². The van der Waals surface area contributed by atoms with E-state index in [-0.39, 0.29) is 24.4 Å². The van der Waals surface area contributed by atoms with Gasteiger partial charge in [-0.3, -0.25) is 9.79 Å². The Morgan fingerprint density at radius 1 is 1.50 bits per heavy atom. The quantitative estimate of drug-likeness (QED) is 0.382. The number of fused-ring (bicyclic) bond motifs is 1. The summed E-state index contributed by atoms with van der Waals surface area (Å²) in [5, 5.41) is 6.86. The molecule has 0 aliphatic carbocycles. The number of rotatable bonds is 8. The zero-order valence-corrected chi connectivity index (χ0v) is 15.8. The highest BCUT2D eigenvalue weighted by Crippen LogP contribution is 2.15. The minimum Gasteiger partial charge on any atom is -0.462 e. The van der Waals surface area contributed by atoms with Crippen LogP contribution >= 0.6 is 0 Å². The molecule has 11 heteroatoms. The minimum absolute atomic E-state index is 0.136. The predicted molar refractivity (Wildman–Crippen MR) is 103 cm³/mol. The van der Waals surface area contributed by atoms with Crippen LogP contribution in [0.25, 0.3) is 5.65 Å². The van der Waals surface area contributed by atoms with Crippen LogP contribution in [0.3, 0.4) is 0 Å². The molecule has 0 aliphatic heterocycles. The van der Waals surface area contributed by atoms with Gasteiger partial charge in [-0.25, -0.2) is 13.7 Å². The van der Waals surface area contributed by atoms with Crippen LogP contribution in [0, 0.1) is 0 Å². The summed E-state index contributed by atoms with van der Waals surface area (Å²) in [6.45, 7) is 1.42. The van der Waals surface area contributed by atoms with Gasteiger partial charge in [0.05, 0.1) is 6.61 Å². The Labute approximate surface area is 160 Å². The number of nitrogens with one attached hydrogen (secondary N) is 1. The highest BCUT2D eigenvalue weighted by Gasteiger charge is 2.23. The number of aliphatic imine (C=N–C) groups is 1. The van der Waals surface area contributed by atoms with Gasteiger partial charge in [-0.1, -0.05) is 0 Å². The number of anilines is 2. The van der Waals surface area contributed by atoms with Gasteiger partial charge in [-0.2, -0.15) is 4.98 Å². The van der Waals surface area contributed by atoms with E-state index < -0.39 is 18.6 Å². The Balaban J connectivity index is 2.22. The number of hydrogen-bond donors (Lipinski definition) is 2. The summed E-state index contributed by atoms with van der Waals surface area (Å²) in [4.78, 5) is 34.2. The Morgan fingerprint density at radius 2 is 2.25 bits per heavy atom. The summed E-state index contributed by atoms with van der Waals surface area (Å²) in [5.74, 6) is -1.02. The Hall–Kier alpha value is -3.50. The number of nitrogens with zero attached hydrogens (tertiary/aromatic N) is 5. The number of amides is 1. The molecule has 0 aliphatic rings. The zero-order chi connectivity index (χ0) is 20.7. The van der Waals surface area contributed by atoms with Gasteiger partial charge in [0.1, 0.15) is 18.0 Å². The fourth-order valence-corrected chi connectivity index (χ4v) is 2.32. The molecule has 2 rings (SSSR count). The maximum Gasteiger partial charge on any atom is 0.342 e. The van der Waals surface area contributed by atoms with Crippen LogP contribution in [0.4, 0.5) is 16.0 Å². The van der Waals surface area contributed by atoms with Crippen LogP contribution < -0.4 is 16.0 Å². The maximum absolute atomic E-state index is 12.5. The molecule has 2 aromatic heterocycles. The monoisotopic (exact) mass is 391 g/mol. The van der Waals surface area contributed by atoms with Crippen molar-refractivity contribution in [1.82, 2.24) is 14.6 Å². The van der Waals surface area contributed by atoms with Crippen LogP contribution in [0.15, 0.2) is 35.1 Å². The normalized spacial score (nSPS) is 12.1. The van der Waals surface area contributed by atoms with Gasteiger partial charge in [0.15, 0.2) is 5.65 Å². The molecular weight excluding hydrogens is 369 g/mol. The standard InChI is InChI=1S/C17H22FN7O3/c1-4-28-16(27)12(10-19)14(20-2)15(26)21-11-5-7-25-13(9-11)22-17(23-25)24(3)8-6-18/h5,7,9-10H,4,6,8,19H2,1-3H3,(H,21,26). The van der Waals surface area contributed by atoms with Crippen molar-refractivity contribution in [2.45, 2.75) is 6.92 Å². The average molecular weight is 391 g/mol. The third-order valence-corrected chi connectivity index (χ3v) is 3.70. The van der Waals surface area contributed by atoms with Gasteiger partial charge in [0, 0.05) is 44.8 Å². The topological polar surface area (TPSA) is 127 Å². The highest BCUT2D eigenvalue weighted by atomic mass is 19.1. The van der Waals surface area contributed by atoms with Crippen LogP contribution in [0.5, 0.6) is 0 Å². The van der Waals surface area contributed by atoms with Crippen LogP contribution in [-0.4, -0.2) is 66.1 Å². The van der Waals surface area contributed by atoms with E-state index in [9.17, 15) is 14.0 Å². The lowest BCUT2D eigenvalue weighted by Crippen LogP contribution is -2.29. The minimum atomic E-state index is -0.741. The number of pyridine rings is 1. The Bertz CT molecular complexity index is 923. The first-order valence-electron chi connectivity index (χ1n) is 8.46. The second kappa shape index (κ2) is 9.44. The third-order valence-electron chi connectivity index (χ3n) is 3.70. The Morgan fingerprint density at radius 3 is 2.86 bits per heavy atom. The lowest BCUT2D eigenvalue weighted by Gasteiger charge is -2.10. The van der Waals surface area contributed by atoms with Crippen LogP contribution in [0.2, 0.25) is 0 Å². The Kier molecular flexibility index (Phi) is 7.02. The summed E-state index contributed by atoms with van der Waals surface area (Å²) in [6, 6.07) is 3.18. The SMILES string of the molecule is CCOC(=O)C(=CN)C(=NC)C(=O)Nc1ccn2nc(N(C)CCF)nc2c1. The number of ether oxygens (including phenoxy) is 1. The number of aromatic nitrogens is 3. The molecule has 2 heterocycles. The largest absolute Gasteiger partial charge is 0.462 e. The summed E-state index contributed by atoms with van der Waals surface area (Å²) in [7, 11) is 3.05. The zero-order valence-electron chi connectivity index (χ0n) is 15.8. The fourth-order valence-electron chi connectivity index (χ4n) is 2.32. The van der Waals surface area contributed by atoms with Crippen molar-refractivity contribution in [3.8, 4) is 0 Å². The number of carbonyl (C=O) groups excluding carboxylic acids is 2. The van der Waals surface area contributed by atoms with E-state index >= 15 is 0 Å². The molecule has 0 radical (unpaired) electrons. The highest BCUT2D eigenvalue weighted by molar-refractivity contribution is 6.53. The van der Waals surface area contributed by atoms with Crippen LogP contribution in [0.1, 0.15) is 6.92 Å². The maximum atomic E-state index is 12.5. The molecule has 0 fully saturated rings. The molecule has 3 N–H and O–H groups in total. The molecule has 0 saturated carbocycles. The van der Waals surface area contributed by atoms with Crippen molar-refractivity contribution in [1.29, 1.82) is 0 Å². The van der Waals surface area contributed by atoms with E-state index in [2.05, 4.69) is 20.4 Å². The predicted octanol–water partition coefficient (Wildman–Crippen LogP) is 0.550. The van der Waals surface area contributed by atoms with Crippen molar-refractivity contribution < 1.29 is 18.7 Å². The second-order valence-corrected chi connectivity index (χ2v) is 5.57. The molecule has 0 spiro atoms. The summed E-state index contributed by atoms with van der Waals surface area (Å²) < 4.78 is 18.9. The number of alkyl halides is 1. The van der Waals surface area contributed by atoms with Gasteiger partial charge in [-0.15, -0.1) is 5.10 Å². The molecule has 0 saturated heterocycles. The first-order valence-corrected chi connectivity index (χ1v) is 8.46. The first kappa shape index (κ1) is 20.8. The summed E-state index contributed by atoms with van der Waals surface area (Å²) >= 11 is 0. The lowest BCUT2D eigenvalue weighted by molar-refractivity contribution is -0.138. The molecule has 1 amide bonds. The van der Waals surface area contributed by atoms with E-state index in [1.165, 1.54) is 11.6 Å². The van der Waals surface area contributed by atoms with E-state index in [1.54, 1.807) is 37.2 Å². The molecule has 0 bridgehead atoms. The molecule has 0 unspecified atom stereocenters. The van der Waals surface area contributed by atoms with Crippen molar-refractivity contribution in [2.75, 3.05) is 44.1 Å². The molecular formula is C17H22FN7O3. The molecule has 150 valence electrons. The molecule has 0 aromatic carbocycles. The van der Waals surface area contributed by atoms with Gasteiger partial charge in [0.2, 0.25) is 5.95 Å². The summed E-state index contributed by atoms with van der Waals surface area (Å²) in [5.41, 5.74) is 6.03. The lowest BCUT2D eigenvalue weighted by atomic mass is 10.1. The van der Waals surface area contributed by atoms with Crippen molar-refractivity contribution in [2.24, 2.45) is 10.7 Å². The third kappa shape index (κ3) is 4.61.